The minimum atomic E-state index is -0.623. The van der Waals surface area contributed by atoms with Crippen molar-refractivity contribution in [1.82, 2.24) is 15.2 Å². The lowest BCUT2D eigenvalue weighted by Gasteiger charge is -2.32. The van der Waals surface area contributed by atoms with Gasteiger partial charge >= 0.3 is 0 Å². The van der Waals surface area contributed by atoms with E-state index in [0.717, 1.165) is 35.9 Å². The third-order valence-electron chi connectivity index (χ3n) is 5.32. The summed E-state index contributed by atoms with van der Waals surface area (Å²) >= 11 is 1.35. The summed E-state index contributed by atoms with van der Waals surface area (Å²) in [6.07, 6.45) is 3.59. The monoisotopic (exact) mass is 416 g/mol. The van der Waals surface area contributed by atoms with Gasteiger partial charge in [-0.2, -0.15) is 0 Å². The summed E-state index contributed by atoms with van der Waals surface area (Å²) in [6.45, 7) is 3.16. The molecule has 1 aliphatic rings. The van der Waals surface area contributed by atoms with Gasteiger partial charge in [0.15, 0.2) is 5.01 Å². The first-order valence-corrected chi connectivity index (χ1v) is 11.0. The summed E-state index contributed by atoms with van der Waals surface area (Å²) in [5.41, 5.74) is 6.38. The third-order valence-corrected chi connectivity index (χ3v) is 6.37. The summed E-state index contributed by atoms with van der Waals surface area (Å²) in [6, 6.07) is 7.00. The molecule has 1 saturated heterocycles. The Kier molecular flexibility index (Phi) is 7.33. The second-order valence-corrected chi connectivity index (χ2v) is 8.53. The molecule has 1 aromatic carbocycles. The average Bonchev–Trinajstić information content (AvgIpc) is 3.17. The van der Waals surface area contributed by atoms with Crippen LogP contribution >= 0.6 is 11.3 Å². The van der Waals surface area contributed by atoms with Crippen LogP contribution in [0.2, 0.25) is 0 Å². The molecule has 29 heavy (non-hydrogen) atoms. The first-order chi connectivity index (χ1) is 14.0. The number of carbonyl (C=O) groups is 3. The predicted octanol–water partition coefficient (Wildman–Crippen LogP) is 2.35. The topological polar surface area (TPSA) is 105 Å². The summed E-state index contributed by atoms with van der Waals surface area (Å²) in [7, 11) is 0. The number of para-hydroxylation sites is 1. The number of piperidine rings is 1. The molecular weight excluding hydrogens is 388 g/mol. The van der Waals surface area contributed by atoms with Crippen LogP contribution in [0.25, 0.3) is 10.2 Å². The van der Waals surface area contributed by atoms with Crippen molar-refractivity contribution >= 4 is 39.2 Å². The fourth-order valence-electron chi connectivity index (χ4n) is 3.65. The highest BCUT2D eigenvalue weighted by molar-refractivity contribution is 7.20. The zero-order valence-corrected chi connectivity index (χ0v) is 17.5. The van der Waals surface area contributed by atoms with Crippen LogP contribution in [0, 0.1) is 5.92 Å². The van der Waals surface area contributed by atoms with Crippen LogP contribution in [0.15, 0.2) is 24.3 Å². The number of benzene rings is 1. The van der Waals surface area contributed by atoms with Crippen molar-refractivity contribution in [2.75, 3.05) is 19.6 Å². The van der Waals surface area contributed by atoms with Gasteiger partial charge in [0.25, 0.3) is 0 Å². The lowest BCUT2D eigenvalue weighted by Crippen LogP contribution is -2.49. The van der Waals surface area contributed by atoms with E-state index in [0.29, 0.717) is 31.1 Å². The Hall–Kier alpha value is -2.32. The maximum Gasteiger partial charge on any atom is 0.225 e. The lowest BCUT2D eigenvalue weighted by molar-refractivity contribution is -0.134. The van der Waals surface area contributed by atoms with E-state index in [1.807, 2.05) is 24.3 Å². The fourth-order valence-corrected chi connectivity index (χ4v) is 4.62. The molecule has 0 saturated carbocycles. The number of likely N-dealkylation sites (tertiary alicyclic amines) is 1. The molecule has 0 spiro atoms. The number of amides is 2. The summed E-state index contributed by atoms with van der Waals surface area (Å²) in [5.74, 6) is -0.626. The zero-order valence-electron chi connectivity index (χ0n) is 16.7. The van der Waals surface area contributed by atoms with Gasteiger partial charge < -0.3 is 16.0 Å². The third kappa shape index (κ3) is 5.39. The Labute approximate surface area is 174 Å². The van der Waals surface area contributed by atoms with Crippen LogP contribution in [0.3, 0.4) is 0 Å². The molecular formula is C21H28N4O3S. The molecule has 1 aromatic heterocycles. The predicted molar refractivity (Wildman–Crippen MR) is 114 cm³/mol. The highest BCUT2D eigenvalue weighted by atomic mass is 32.1. The number of Topliss-reactive ketones (excluding diaryl/α,β-unsaturated/α-hetero) is 1. The molecule has 3 N–H and O–H groups in total. The summed E-state index contributed by atoms with van der Waals surface area (Å²) in [4.78, 5) is 43.8. The normalized spacial score (nSPS) is 17.9. The Balaban J connectivity index is 1.72. The van der Waals surface area contributed by atoms with E-state index in [4.69, 9.17) is 5.73 Å². The van der Waals surface area contributed by atoms with Crippen molar-refractivity contribution in [2.24, 2.45) is 11.7 Å². The first kappa shape index (κ1) is 21.4. The lowest BCUT2D eigenvalue weighted by atomic mass is 9.96. The van der Waals surface area contributed by atoms with Crippen molar-refractivity contribution in [1.29, 1.82) is 0 Å². The highest BCUT2D eigenvalue weighted by Crippen LogP contribution is 2.24. The molecule has 2 amide bonds. The fraction of sp³-hybridized carbons (Fsp3) is 0.524. The van der Waals surface area contributed by atoms with Crippen LogP contribution in [0.4, 0.5) is 0 Å². The second-order valence-electron chi connectivity index (χ2n) is 7.50. The van der Waals surface area contributed by atoms with Gasteiger partial charge in [-0.05, 0) is 50.8 Å². The van der Waals surface area contributed by atoms with Gasteiger partial charge in [-0.3, -0.25) is 14.4 Å². The number of thiazole rings is 1. The van der Waals surface area contributed by atoms with E-state index >= 15 is 0 Å². The maximum atomic E-state index is 13.1. The molecule has 2 heterocycles. The molecule has 0 unspecified atom stereocenters. The molecule has 3 rings (SSSR count). The van der Waals surface area contributed by atoms with Gasteiger partial charge in [-0.1, -0.05) is 12.1 Å². The Morgan fingerprint density at radius 2 is 2.10 bits per heavy atom. The van der Waals surface area contributed by atoms with Gasteiger partial charge in [0.2, 0.25) is 17.6 Å². The van der Waals surface area contributed by atoms with E-state index < -0.39 is 6.04 Å². The smallest absolute Gasteiger partial charge is 0.225 e. The number of nitrogens with two attached hydrogens (primary N) is 1. The van der Waals surface area contributed by atoms with Gasteiger partial charge in [0.1, 0.15) is 0 Å². The largest absolute Gasteiger partial charge is 0.346 e. The van der Waals surface area contributed by atoms with E-state index in [1.54, 1.807) is 4.90 Å². The highest BCUT2D eigenvalue weighted by Gasteiger charge is 2.31. The standard InChI is InChI=1S/C21H28N4O3S/c1-14(26)25-12-6-7-15(13-25)20(28)23-17(9-4-5-11-22)19(27)21-24-16-8-2-3-10-18(16)29-21/h2-3,8,10,15,17H,4-7,9,11-13,22H2,1H3,(H,23,28)/t15-,17-/m1/s1. The summed E-state index contributed by atoms with van der Waals surface area (Å²) in [5, 5.41) is 3.36. The number of carbonyl (C=O) groups excluding carboxylic acids is 3. The molecule has 7 nitrogen and oxygen atoms in total. The maximum absolute atomic E-state index is 13.1. The molecule has 1 aliphatic heterocycles. The van der Waals surface area contributed by atoms with Crippen LogP contribution in [0.5, 0.6) is 0 Å². The number of nitrogens with one attached hydrogen (secondary N) is 1. The molecule has 0 radical (unpaired) electrons. The number of unbranched alkanes of at least 4 members (excludes halogenated alkanes) is 1. The van der Waals surface area contributed by atoms with Crippen molar-refractivity contribution in [3.63, 3.8) is 0 Å². The van der Waals surface area contributed by atoms with E-state index in [9.17, 15) is 14.4 Å². The zero-order chi connectivity index (χ0) is 20.8. The van der Waals surface area contributed by atoms with Gasteiger partial charge in [0.05, 0.1) is 22.2 Å². The van der Waals surface area contributed by atoms with E-state index in [2.05, 4.69) is 10.3 Å². The molecule has 8 heteroatoms. The Bertz CT molecular complexity index is 849. The van der Waals surface area contributed by atoms with Gasteiger partial charge in [0, 0.05) is 20.0 Å². The van der Waals surface area contributed by atoms with Gasteiger partial charge in [-0.25, -0.2) is 4.98 Å². The average molecular weight is 417 g/mol. The van der Waals surface area contributed by atoms with Crippen LogP contribution in [-0.2, 0) is 9.59 Å². The van der Waals surface area contributed by atoms with Gasteiger partial charge in [-0.15, -0.1) is 11.3 Å². The molecule has 2 aromatic rings. The molecule has 156 valence electrons. The number of rotatable bonds is 8. The van der Waals surface area contributed by atoms with E-state index in [1.165, 1.54) is 18.3 Å². The number of hydrogen-bond acceptors (Lipinski definition) is 6. The minimum Gasteiger partial charge on any atom is -0.346 e. The minimum absolute atomic E-state index is 0.0208. The number of aromatic nitrogens is 1. The SMILES string of the molecule is CC(=O)N1CCC[C@@H](C(=O)N[C@H](CCCCN)C(=O)c2nc3ccccc3s2)C1. The van der Waals surface area contributed by atoms with E-state index in [-0.39, 0.29) is 23.5 Å². The second kappa shape index (κ2) is 9.93. The van der Waals surface area contributed by atoms with Crippen molar-refractivity contribution < 1.29 is 14.4 Å². The summed E-state index contributed by atoms with van der Waals surface area (Å²) < 4.78 is 0.951. The molecule has 2 atom stereocenters. The molecule has 0 bridgehead atoms. The molecule has 1 fully saturated rings. The quantitative estimate of drug-likeness (QED) is 0.508. The number of fused-ring (bicyclic) bond motifs is 1. The Morgan fingerprint density at radius 1 is 1.31 bits per heavy atom. The number of ketones is 1. The van der Waals surface area contributed by atoms with Crippen molar-refractivity contribution in [2.45, 2.75) is 45.1 Å². The van der Waals surface area contributed by atoms with Crippen LogP contribution in [-0.4, -0.2) is 53.2 Å². The number of nitrogens with zero attached hydrogens (tertiary/aromatic N) is 2. The van der Waals surface area contributed by atoms with Crippen molar-refractivity contribution in [3.05, 3.63) is 29.3 Å². The Morgan fingerprint density at radius 3 is 2.83 bits per heavy atom. The first-order valence-electron chi connectivity index (χ1n) is 10.2. The van der Waals surface area contributed by atoms with Crippen LogP contribution < -0.4 is 11.1 Å². The number of hydrogen-bond donors (Lipinski definition) is 2. The molecule has 0 aliphatic carbocycles. The van der Waals surface area contributed by atoms with Crippen molar-refractivity contribution in [3.8, 4) is 0 Å². The van der Waals surface area contributed by atoms with Crippen LogP contribution in [0.1, 0.15) is 48.8 Å².